The number of nitrogens with two attached hydrogens (primary N) is 1. The summed E-state index contributed by atoms with van der Waals surface area (Å²) >= 11 is 0. The summed E-state index contributed by atoms with van der Waals surface area (Å²) in [6.07, 6.45) is 5.28. The molecule has 0 saturated heterocycles. The highest BCUT2D eigenvalue weighted by atomic mass is 32.2. The molecule has 7 heteroatoms. The van der Waals surface area contributed by atoms with E-state index >= 15 is 0 Å². The van der Waals surface area contributed by atoms with Crippen molar-refractivity contribution in [3.8, 4) is 0 Å². The van der Waals surface area contributed by atoms with Crippen molar-refractivity contribution in [3.05, 3.63) is 29.8 Å². The van der Waals surface area contributed by atoms with Crippen LogP contribution in [0.5, 0.6) is 0 Å². The number of benzene rings is 1. The van der Waals surface area contributed by atoms with Crippen molar-refractivity contribution in [1.82, 2.24) is 4.90 Å². The number of unbranched alkanes of at least 4 members (excludes halogenated alkanes) is 4. The number of likely N-dealkylation sites (N-methyl/N-ethyl adjacent to an activating group) is 1. The van der Waals surface area contributed by atoms with Gasteiger partial charge in [0.05, 0.1) is 11.8 Å². The van der Waals surface area contributed by atoms with Gasteiger partial charge in [0.1, 0.15) is 0 Å². The highest BCUT2D eigenvalue weighted by Gasteiger charge is 2.21. The normalized spacial score (nSPS) is 12.7. The number of hydrogen-bond acceptors (Lipinski definition) is 4. The van der Waals surface area contributed by atoms with Crippen LogP contribution in [0, 0.1) is 0 Å². The Morgan fingerprint density at radius 1 is 1.12 bits per heavy atom. The molecule has 0 saturated carbocycles. The largest absolute Gasteiger partial charge is 0.387 e. The van der Waals surface area contributed by atoms with Crippen LogP contribution in [-0.2, 0) is 10.2 Å². The van der Waals surface area contributed by atoms with Crippen molar-refractivity contribution in [1.29, 1.82) is 0 Å². The first kappa shape index (κ1) is 24.8. The zero-order chi connectivity index (χ0) is 18.9. The monoisotopic (exact) mass is 387 g/mol. The first-order valence-corrected chi connectivity index (χ1v) is 10.6. The van der Waals surface area contributed by atoms with E-state index in [1.807, 2.05) is 0 Å². The molecular weight excluding hydrogens is 350 g/mol. The maximum absolute atomic E-state index is 11.6. The predicted molar refractivity (Wildman–Crippen MR) is 111 cm³/mol. The van der Waals surface area contributed by atoms with Crippen LogP contribution < -0.4 is 9.44 Å². The summed E-state index contributed by atoms with van der Waals surface area (Å²) in [7, 11) is -2.47. The van der Waals surface area contributed by atoms with Crippen LogP contribution in [0.2, 0.25) is 0 Å². The second-order valence-corrected chi connectivity index (χ2v) is 7.97. The fraction of sp³-hybridized carbons (Fsp3) is 0.684. The van der Waals surface area contributed by atoms with Crippen molar-refractivity contribution in [2.24, 2.45) is 5.14 Å². The lowest BCUT2D eigenvalue weighted by molar-refractivity contribution is 0.115. The number of anilines is 1. The molecule has 0 aliphatic carbocycles. The Hall–Kier alpha value is -1.15. The summed E-state index contributed by atoms with van der Waals surface area (Å²) in [5, 5.41) is 15.9. The van der Waals surface area contributed by atoms with Crippen LogP contribution >= 0.6 is 0 Å². The Morgan fingerprint density at radius 2 is 1.73 bits per heavy atom. The van der Waals surface area contributed by atoms with E-state index in [1.54, 1.807) is 24.3 Å². The Labute approximate surface area is 160 Å². The van der Waals surface area contributed by atoms with Crippen molar-refractivity contribution >= 4 is 15.9 Å². The second kappa shape index (κ2) is 12.3. The molecular formula is C19H37N3O3S. The molecule has 0 spiro atoms. The van der Waals surface area contributed by atoms with Gasteiger partial charge >= 0.3 is 0 Å². The molecule has 1 unspecified atom stereocenters. The van der Waals surface area contributed by atoms with Crippen LogP contribution in [0.3, 0.4) is 0 Å². The maximum Gasteiger partial charge on any atom is 0.298 e. The second-order valence-electron chi connectivity index (χ2n) is 6.39. The van der Waals surface area contributed by atoms with Crippen LogP contribution in [0.15, 0.2) is 24.3 Å². The molecule has 0 aromatic heterocycles. The molecule has 1 atom stereocenters. The fourth-order valence-electron chi connectivity index (χ4n) is 2.85. The molecule has 0 fully saturated rings. The summed E-state index contributed by atoms with van der Waals surface area (Å²) in [5.41, 5.74) is 0.986. The molecule has 6 nitrogen and oxygen atoms in total. The van der Waals surface area contributed by atoms with E-state index in [4.69, 9.17) is 5.14 Å². The van der Waals surface area contributed by atoms with Crippen LogP contribution in [0.25, 0.3) is 0 Å². The minimum atomic E-state index is -3.86. The maximum atomic E-state index is 11.6. The zero-order valence-electron chi connectivity index (χ0n) is 15.7. The number of hydrogen-bond donors (Lipinski definition) is 2. The summed E-state index contributed by atoms with van der Waals surface area (Å²) < 4.78 is 24.3. The van der Waals surface area contributed by atoms with E-state index in [0.717, 1.165) is 23.8 Å². The SMILES string of the molecule is C.CCCCCCCN(CC)CC(O)c1ccccc1N(C)S(N)(=O)=O. The molecule has 1 rings (SSSR count). The Morgan fingerprint density at radius 3 is 2.31 bits per heavy atom. The van der Waals surface area contributed by atoms with Crippen molar-refractivity contribution in [2.45, 2.75) is 59.5 Å². The molecule has 1 aromatic rings. The first-order chi connectivity index (χ1) is 11.8. The van der Waals surface area contributed by atoms with Crippen LogP contribution in [0.1, 0.15) is 65.0 Å². The van der Waals surface area contributed by atoms with Gasteiger partial charge in [0.15, 0.2) is 0 Å². The topological polar surface area (TPSA) is 86.9 Å². The number of aliphatic hydroxyl groups is 1. The summed E-state index contributed by atoms with van der Waals surface area (Å²) in [6.45, 7) is 6.52. The molecule has 0 heterocycles. The molecule has 26 heavy (non-hydrogen) atoms. The van der Waals surface area contributed by atoms with E-state index in [2.05, 4.69) is 18.7 Å². The van der Waals surface area contributed by atoms with E-state index in [1.165, 1.54) is 32.7 Å². The predicted octanol–water partition coefficient (Wildman–Crippen LogP) is 3.29. The summed E-state index contributed by atoms with van der Waals surface area (Å²) in [4.78, 5) is 2.20. The Kier molecular flexibility index (Phi) is 11.7. The van der Waals surface area contributed by atoms with Gasteiger partial charge in [-0.25, -0.2) is 5.14 Å². The van der Waals surface area contributed by atoms with Gasteiger partial charge in [-0.15, -0.1) is 0 Å². The first-order valence-electron chi connectivity index (χ1n) is 9.07. The molecule has 0 aliphatic heterocycles. The minimum Gasteiger partial charge on any atom is -0.387 e. The van der Waals surface area contributed by atoms with Crippen molar-refractivity contribution in [3.63, 3.8) is 0 Å². The molecule has 0 radical (unpaired) electrons. The van der Waals surface area contributed by atoms with Crippen LogP contribution in [0.4, 0.5) is 5.69 Å². The van der Waals surface area contributed by atoms with Gasteiger partial charge in [0.2, 0.25) is 0 Å². The molecule has 0 aliphatic rings. The smallest absolute Gasteiger partial charge is 0.298 e. The van der Waals surface area contributed by atoms with Gasteiger partial charge in [-0.3, -0.25) is 4.31 Å². The Balaban J connectivity index is 0.00000625. The highest BCUT2D eigenvalue weighted by molar-refractivity contribution is 7.90. The van der Waals surface area contributed by atoms with E-state index in [0.29, 0.717) is 17.8 Å². The molecule has 1 aromatic carbocycles. The molecule has 3 N–H and O–H groups in total. The van der Waals surface area contributed by atoms with Crippen molar-refractivity contribution < 1.29 is 13.5 Å². The summed E-state index contributed by atoms with van der Waals surface area (Å²) in [5.74, 6) is 0. The lowest BCUT2D eigenvalue weighted by atomic mass is 10.1. The lowest BCUT2D eigenvalue weighted by Crippen LogP contribution is -2.35. The van der Waals surface area contributed by atoms with E-state index in [-0.39, 0.29) is 7.43 Å². The van der Waals surface area contributed by atoms with Gasteiger partial charge in [-0.2, -0.15) is 8.42 Å². The third-order valence-corrected chi connectivity index (χ3v) is 5.43. The van der Waals surface area contributed by atoms with Crippen LogP contribution in [-0.4, -0.2) is 45.1 Å². The summed E-state index contributed by atoms with van der Waals surface area (Å²) in [6, 6.07) is 6.93. The average Bonchev–Trinajstić information content (AvgIpc) is 2.58. The Bertz CT molecular complexity index is 608. The minimum absolute atomic E-state index is 0. The molecule has 0 bridgehead atoms. The quantitative estimate of drug-likeness (QED) is 0.539. The zero-order valence-corrected chi connectivity index (χ0v) is 16.5. The lowest BCUT2D eigenvalue weighted by Gasteiger charge is -2.27. The third-order valence-electron chi connectivity index (χ3n) is 4.47. The molecule has 0 amide bonds. The van der Waals surface area contributed by atoms with E-state index < -0.39 is 16.3 Å². The van der Waals surface area contributed by atoms with Gasteiger partial charge < -0.3 is 10.0 Å². The highest BCUT2D eigenvalue weighted by Crippen LogP contribution is 2.27. The van der Waals surface area contributed by atoms with Gasteiger partial charge in [0, 0.05) is 19.2 Å². The number of nitrogens with zero attached hydrogens (tertiary/aromatic N) is 2. The van der Waals surface area contributed by atoms with Crippen molar-refractivity contribution in [2.75, 3.05) is 31.0 Å². The van der Waals surface area contributed by atoms with Gasteiger partial charge in [-0.05, 0) is 25.6 Å². The third kappa shape index (κ3) is 8.03. The fourth-order valence-corrected chi connectivity index (χ4v) is 3.29. The van der Waals surface area contributed by atoms with E-state index in [9.17, 15) is 13.5 Å². The average molecular weight is 388 g/mol. The number of para-hydroxylation sites is 1. The number of rotatable bonds is 12. The van der Waals surface area contributed by atoms with Gasteiger partial charge in [-0.1, -0.05) is 65.2 Å². The molecule has 152 valence electrons. The number of aliphatic hydroxyl groups excluding tert-OH is 1. The van der Waals surface area contributed by atoms with Gasteiger partial charge in [0.25, 0.3) is 10.2 Å². The standard InChI is InChI=1S/C18H33N3O3S.CH4/c1-4-6-7-8-11-14-21(5-2)15-18(22)16-12-9-10-13-17(16)20(3)25(19,23)24;/h9-10,12-13,18,22H,4-8,11,14-15H2,1-3H3,(H2,19,23,24);1H4.